The van der Waals surface area contributed by atoms with Crippen LogP contribution in [0.15, 0.2) is 23.1 Å². The first-order chi connectivity index (χ1) is 9.06. The molecule has 104 valence electrons. The lowest BCUT2D eigenvalue weighted by atomic mass is 10.3. The van der Waals surface area contributed by atoms with E-state index < -0.39 is 0 Å². The van der Waals surface area contributed by atoms with Gasteiger partial charge in [0.2, 0.25) is 5.91 Å². The van der Waals surface area contributed by atoms with Crippen LogP contribution < -0.4 is 5.73 Å². The first kappa shape index (κ1) is 14.5. The fraction of sp³-hybridized carbons (Fsp3) is 0.462. The first-order valence-electron chi connectivity index (χ1n) is 6.20. The average Bonchev–Trinajstić information content (AvgIpc) is 2.40. The van der Waals surface area contributed by atoms with E-state index in [-0.39, 0.29) is 5.91 Å². The number of thioether (sulfide) groups is 1. The smallest absolute Gasteiger partial charge is 0.233 e. The molecule has 2 rings (SSSR count). The van der Waals surface area contributed by atoms with Crippen LogP contribution in [0.3, 0.4) is 0 Å². The van der Waals surface area contributed by atoms with Crippen molar-refractivity contribution in [1.82, 2.24) is 9.80 Å². The fourth-order valence-electron chi connectivity index (χ4n) is 1.89. The molecular weight excluding hydrogens is 282 g/mol. The van der Waals surface area contributed by atoms with Crippen molar-refractivity contribution in [3.8, 4) is 0 Å². The average molecular weight is 300 g/mol. The summed E-state index contributed by atoms with van der Waals surface area (Å²) in [5.41, 5.74) is 6.22. The number of nitrogens with two attached hydrogens (primary N) is 1. The quantitative estimate of drug-likeness (QED) is 0.683. The second-order valence-corrected chi connectivity index (χ2v) is 6.11. The molecular formula is C13H18ClN3OS. The van der Waals surface area contributed by atoms with E-state index in [1.54, 1.807) is 12.1 Å². The summed E-state index contributed by atoms with van der Waals surface area (Å²) in [6.45, 7) is 3.53. The first-order valence-corrected chi connectivity index (χ1v) is 7.57. The van der Waals surface area contributed by atoms with Gasteiger partial charge >= 0.3 is 0 Å². The van der Waals surface area contributed by atoms with Crippen LogP contribution in [0.25, 0.3) is 0 Å². The van der Waals surface area contributed by atoms with E-state index in [0.717, 1.165) is 31.1 Å². The van der Waals surface area contributed by atoms with E-state index >= 15 is 0 Å². The van der Waals surface area contributed by atoms with E-state index in [0.29, 0.717) is 16.5 Å². The monoisotopic (exact) mass is 299 g/mol. The molecule has 1 saturated heterocycles. The number of anilines is 1. The van der Waals surface area contributed by atoms with Crippen LogP contribution in [0.4, 0.5) is 5.69 Å². The summed E-state index contributed by atoms with van der Waals surface area (Å²) in [6, 6.07) is 5.47. The predicted octanol–water partition coefficient (Wildman–Crippen LogP) is 1.79. The number of amides is 1. The summed E-state index contributed by atoms with van der Waals surface area (Å²) in [4.78, 5) is 17.2. The summed E-state index contributed by atoms with van der Waals surface area (Å²) in [5.74, 6) is 0.635. The number of carbonyl (C=O) groups is 1. The third kappa shape index (κ3) is 4.03. The molecule has 0 unspecified atom stereocenters. The number of rotatable bonds is 3. The van der Waals surface area contributed by atoms with E-state index in [1.807, 2.05) is 11.0 Å². The van der Waals surface area contributed by atoms with Gasteiger partial charge in [0.25, 0.3) is 0 Å². The number of carbonyl (C=O) groups excluding carboxylic acids is 1. The molecule has 0 aliphatic carbocycles. The normalized spacial score (nSPS) is 16.6. The predicted molar refractivity (Wildman–Crippen MR) is 80.7 cm³/mol. The minimum Gasteiger partial charge on any atom is -0.398 e. The second kappa shape index (κ2) is 6.50. The third-order valence-corrected chi connectivity index (χ3v) is 4.50. The molecule has 1 aromatic carbocycles. The Hall–Kier alpha value is -0.910. The Labute approximate surface area is 122 Å². The number of piperazine rings is 1. The van der Waals surface area contributed by atoms with Gasteiger partial charge in [-0.1, -0.05) is 11.6 Å². The summed E-state index contributed by atoms with van der Waals surface area (Å²) < 4.78 is 0. The number of likely N-dealkylation sites (N-methyl/N-ethyl adjacent to an activating group) is 1. The molecule has 1 aliphatic rings. The van der Waals surface area contributed by atoms with Gasteiger partial charge in [0, 0.05) is 31.1 Å². The van der Waals surface area contributed by atoms with E-state index in [1.165, 1.54) is 11.8 Å². The molecule has 1 amide bonds. The molecule has 1 fully saturated rings. The number of hydrogen-bond donors (Lipinski definition) is 1. The van der Waals surface area contributed by atoms with Gasteiger partial charge in [-0.3, -0.25) is 4.79 Å². The molecule has 0 spiro atoms. The highest BCUT2D eigenvalue weighted by Crippen LogP contribution is 2.26. The van der Waals surface area contributed by atoms with Crippen molar-refractivity contribution >= 4 is 35.0 Å². The summed E-state index contributed by atoms with van der Waals surface area (Å²) in [6.07, 6.45) is 0. The van der Waals surface area contributed by atoms with Gasteiger partial charge in [0.1, 0.15) is 0 Å². The van der Waals surface area contributed by atoms with Gasteiger partial charge in [0.15, 0.2) is 0 Å². The van der Waals surface area contributed by atoms with Gasteiger partial charge in [-0.05, 0) is 25.2 Å². The van der Waals surface area contributed by atoms with Crippen LogP contribution in [0.1, 0.15) is 0 Å². The molecule has 2 N–H and O–H groups in total. The van der Waals surface area contributed by atoms with Gasteiger partial charge in [-0.25, -0.2) is 0 Å². The maximum Gasteiger partial charge on any atom is 0.233 e. The van der Waals surface area contributed by atoms with E-state index in [2.05, 4.69) is 11.9 Å². The van der Waals surface area contributed by atoms with Crippen molar-refractivity contribution in [2.75, 3.05) is 44.7 Å². The number of benzene rings is 1. The molecule has 0 bridgehead atoms. The van der Waals surface area contributed by atoms with Crippen LogP contribution in [0, 0.1) is 0 Å². The zero-order chi connectivity index (χ0) is 13.8. The van der Waals surface area contributed by atoms with Crippen molar-refractivity contribution in [3.05, 3.63) is 23.2 Å². The highest BCUT2D eigenvalue weighted by Gasteiger charge is 2.18. The van der Waals surface area contributed by atoms with Gasteiger partial charge in [-0.15, -0.1) is 11.8 Å². The van der Waals surface area contributed by atoms with Crippen molar-refractivity contribution in [2.24, 2.45) is 0 Å². The van der Waals surface area contributed by atoms with Gasteiger partial charge < -0.3 is 15.5 Å². The van der Waals surface area contributed by atoms with Gasteiger partial charge in [-0.2, -0.15) is 0 Å². The lowest BCUT2D eigenvalue weighted by Crippen LogP contribution is -2.47. The maximum atomic E-state index is 12.1. The lowest BCUT2D eigenvalue weighted by Gasteiger charge is -2.32. The minimum absolute atomic E-state index is 0.186. The second-order valence-electron chi connectivity index (χ2n) is 4.66. The van der Waals surface area contributed by atoms with Crippen LogP contribution in [-0.4, -0.2) is 54.7 Å². The molecule has 0 atom stereocenters. The number of halogens is 1. The molecule has 1 aromatic rings. The van der Waals surface area contributed by atoms with E-state index in [4.69, 9.17) is 17.3 Å². The van der Waals surface area contributed by atoms with E-state index in [9.17, 15) is 4.79 Å². The largest absolute Gasteiger partial charge is 0.398 e. The Morgan fingerprint density at radius 2 is 2.05 bits per heavy atom. The molecule has 1 aliphatic heterocycles. The highest BCUT2D eigenvalue weighted by atomic mass is 35.5. The third-order valence-electron chi connectivity index (χ3n) is 3.19. The lowest BCUT2D eigenvalue weighted by molar-refractivity contribution is -0.129. The number of hydrogen-bond acceptors (Lipinski definition) is 4. The maximum absolute atomic E-state index is 12.1. The number of nitrogen functional groups attached to an aromatic ring is 1. The Kier molecular flexibility index (Phi) is 4.96. The van der Waals surface area contributed by atoms with Crippen LogP contribution in [0.5, 0.6) is 0 Å². The van der Waals surface area contributed by atoms with Gasteiger partial charge in [0.05, 0.1) is 16.5 Å². The molecule has 0 saturated carbocycles. The van der Waals surface area contributed by atoms with Crippen molar-refractivity contribution in [1.29, 1.82) is 0 Å². The van der Waals surface area contributed by atoms with Crippen molar-refractivity contribution < 1.29 is 4.79 Å². The minimum atomic E-state index is 0.186. The summed E-state index contributed by atoms with van der Waals surface area (Å²) in [5, 5.41) is 0.539. The molecule has 1 heterocycles. The molecule has 4 nitrogen and oxygen atoms in total. The Morgan fingerprint density at radius 1 is 1.37 bits per heavy atom. The molecule has 0 aromatic heterocycles. The summed E-state index contributed by atoms with van der Waals surface area (Å²) >= 11 is 7.46. The number of nitrogens with zero attached hydrogens (tertiary/aromatic N) is 2. The van der Waals surface area contributed by atoms with Crippen molar-refractivity contribution in [2.45, 2.75) is 4.90 Å². The van der Waals surface area contributed by atoms with Crippen LogP contribution in [0.2, 0.25) is 5.02 Å². The SMILES string of the molecule is CN1CCN(C(=O)CSc2ccc(N)c(Cl)c2)CC1. The zero-order valence-electron chi connectivity index (χ0n) is 10.9. The Bertz CT molecular complexity index is 461. The Balaban J connectivity index is 1.84. The van der Waals surface area contributed by atoms with Crippen molar-refractivity contribution in [3.63, 3.8) is 0 Å². The Morgan fingerprint density at radius 3 is 2.68 bits per heavy atom. The topological polar surface area (TPSA) is 49.6 Å². The molecule has 19 heavy (non-hydrogen) atoms. The zero-order valence-corrected chi connectivity index (χ0v) is 12.5. The fourth-order valence-corrected chi connectivity index (χ4v) is 2.97. The standard InChI is InChI=1S/C13H18ClN3OS/c1-16-4-6-17(7-5-16)13(18)9-19-10-2-3-12(15)11(14)8-10/h2-3,8H,4-7,9,15H2,1H3. The molecule has 0 radical (unpaired) electrons. The molecule has 6 heteroatoms. The highest BCUT2D eigenvalue weighted by molar-refractivity contribution is 8.00. The summed E-state index contributed by atoms with van der Waals surface area (Å²) in [7, 11) is 2.08. The van der Waals surface area contributed by atoms with Crippen LogP contribution in [-0.2, 0) is 4.79 Å². The van der Waals surface area contributed by atoms with Crippen LogP contribution >= 0.6 is 23.4 Å².